The number of nitrogens with one attached hydrogen (secondary N) is 1. The summed E-state index contributed by atoms with van der Waals surface area (Å²) in [4.78, 5) is 18.3. The number of hydrogen-bond acceptors (Lipinski definition) is 4. The summed E-state index contributed by atoms with van der Waals surface area (Å²) >= 11 is 0. The van der Waals surface area contributed by atoms with Crippen LogP contribution in [0.15, 0.2) is 18.3 Å². The minimum absolute atomic E-state index is 0.0778. The molecular weight excluding hydrogens is 270 g/mol. The average molecular weight is 293 g/mol. The van der Waals surface area contributed by atoms with E-state index in [9.17, 15) is 4.79 Å². The van der Waals surface area contributed by atoms with Crippen LogP contribution in [-0.2, 0) is 4.74 Å². The standard InChI is InChI=1S/C15H23N3O3/c1-11(2)13-10-18(8-5-9-21-13)15(19)17-12-6-4-7-16-14(12)20-3/h4,6-7,11,13H,5,8-10H2,1-3H3,(H,17,19). The van der Waals surface area contributed by atoms with Gasteiger partial charge >= 0.3 is 6.03 Å². The van der Waals surface area contributed by atoms with Crippen LogP contribution in [-0.4, -0.2) is 48.8 Å². The summed E-state index contributed by atoms with van der Waals surface area (Å²) in [6, 6.07) is 3.40. The molecule has 0 aliphatic carbocycles. The number of anilines is 1. The molecule has 1 fully saturated rings. The summed E-state index contributed by atoms with van der Waals surface area (Å²) in [6.45, 7) is 6.21. The molecule has 1 aliphatic rings. The number of urea groups is 1. The van der Waals surface area contributed by atoms with Crippen molar-refractivity contribution in [2.24, 2.45) is 5.92 Å². The third-order valence-electron chi connectivity index (χ3n) is 3.54. The SMILES string of the molecule is COc1ncccc1NC(=O)N1CCCOC(C(C)C)C1. The van der Waals surface area contributed by atoms with Crippen molar-refractivity contribution in [3.8, 4) is 5.88 Å². The average Bonchev–Trinajstić information content (AvgIpc) is 2.74. The molecule has 116 valence electrons. The van der Waals surface area contributed by atoms with Crippen LogP contribution in [0.2, 0.25) is 0 Å². The zero-order valence-corrected chi connectivity index (χ0v) is 12.8. The molecule has 1 aromatic heterocycles. The van der Waals surface area contributed by atoms with Crippen molar-refractivity contribution in [2.75, 3.05) is 32.1 Å². The highest BCUT2D eigenvalue weighted by molar-refractivity contribution is 5.90. The second-order valence-corrected chi connectivity index (χ2v) is 5.44. The Morgan fingerprint density at radius 3 is 3.10 bits per heavy atom. The number of methoxy groups -OCH3 is 1. The highest BCUT2D eigenvalue weighted by Crippen LogP contribution is 2.21. The fourth-order valence-electron chi connectivity index (χ4n) is 2.28. The van der Waals surface area contributed by atoms with Crippen molar-refractivity contribution in [1.82, 2.24) is 9.88 Å². The molecule has 0 radical (unpaired) electrons. The lowest BCUT2D eigenvalue weighted by atomic mass is 10.1. The van der Waals surface area contributed by atoms with E-state index in [-0.39, 0.29) is 12.1 Å². The first-order valence-electron chi connectivity index (χ1n) is 7.28. The van der Waals surface area contributed by atoms with E-state index in [2.05, 4.69) is 24.1 Å². The van der Waals surface area contributed by atoms with Gasteiger partial charge < -0.3 is 19.7 Å². The molecule has 1 saturated heterocycles. The Morgan fingerprint density at radius 2 is 2.38 bits per heavy atom. The first-order valence-corrected chi connectivity index (χ1v) is 7.28. The Balaban J connectivity index is 2.04. The molecule has 1 unspecified atom stereocenters. The number of rotatable bonds is 3. The fourth-order valence-corrected chi connectivity index (χ4v) is 2.28. The number of carbonyl (C=O) groups excluding carboxylic acids is 1. The van der Waals surface area contributed by atoms with Gasteiger partial charge in [0.25, 0.3) is 0 Å². The van der Waals surface area contributed by atoms with Gasteiger partial charge in [-0.2, -0.15) is 0 Å². The predicted octanol–water partition coefficient (Wildman–Crippen LogP) is 2.37. The Kier molecular flexibility index (Phi) is 5.38. The lowest BCUT2D eigenvalue weighted by molar-refractivity contribution is 0.0273. The maximum Gasteiger partial charge on any atom is 0.322 e. The zero-order chi connectivity index (χ0) is 15.2. The highest BCUT2D eigenvalue weighted by atomic mass is 16.5. The molecule has 1 N–H and O–H groups in total. The molecule has 0 saturated carbocycles. The Morgan fingerprint density at radius 1 is 1.57 bits per heavy atom. The molecule has 0 bridgehead atoms. The Hall–Kier alpha value is -1.82. The largest absolute Gasteiger partial charge is 0.480 e. The number of ether oxygens (including phenoxy) is 2. The molecule has 6 nitrogen and oxygen atoms in total. The van der Waals surface area contributed by atoms with E-state index in [0.717, 1.165) is 6.42 Å². The van der Waals surface area contributed by atoms with Crippen molar-refractivity contribution in [3.63, 3.8) is 0 Å². The molecule has 21 heavy (non-hydrogen) atoms. The van der Waals surface area contributed by atoms with Crippen molar-refractivity contribution in [1.29, 1.82) is 0 Å². The third kappa shape index (κ3) is 4.07. The van der Waals surface area contributed by atoms with Crippen LogP contribution < -0.4 is 10.1 Å². The molecular formula is C15H23N3O3. The molecule has 0 spiro atoms. The van der Waals surface area contributed by atoms with Gasteiger partial charge in [-0.1, -0.05) is 13.8 Å². The second kappa shape index (κ2) is 7.26. The van der Waals surface area contributed by atoms with Crippen LogP contribution in [0.4, 0.5) is 10.5 Å². The van der Waals surface area contributed by atoms with Gasteiger partial charge in [-0.25, -0.2) is 9.78 Å². The van der Waals surface area contributed by atoms with Gasteiger partial charge in [0.2, 0.25) is 5.88 Å². The summed E-state index contributed by atoms with van der Waals surface area (Å²) in [5, 5.41) is 2.86. The second-order valence-electron chi connectivity index (χ2n) is 5.44. The van der Waals surface area contributed by atoms with Crippen LogP contribution in [0, 0.1) is 5.92 Å². The maximum atomic E-state index is 12.4. The number of amides is 2. The van der Waals surface area contributed by atoms with Crippen molar-refractivity contribution >= 4 is 11.7 Å². The normalized spacial score (nSPS) is 19.2. The van der Waals surface area contributed by atoms with Crippen LogP contribution in [0.1, 0.15) is 20.3 Å². The maximum absolute atomic E-state index is 12.4. The topological polar surface area (TPSA) is 63.7 Å². The molecule has 6 heteroatoms. The van der Waals surface area contributed by atoms with Crippen LogP contribution >= 0.6 is 0 Å². The van der Waals surface area contributed by atoms with Crippen molar-refractivity contribution < 1.29 is 14.3 Å². The van der Waals surface area contributed by atoms with E-state index < -0.39 is 0 Å². The first-order chi connectivity index (χ1) is 10.1. The molecule has 1 aromatic rings. The van der Waals surface area contributed by atoms with E-state index >= 15 is 0 Å². The van der Waals surface area contributed by atoms with Crippen LogP contribution in [0.5, 0.6) is 5.88 Å². The van der Waals surface area contributed by atoms with Crippen molar-refractivity contribution in [3.05, 3.63) is 18.3 Å². The summed E-state index contributed by atoms with van der Waals surface area (Å²) in [5.41, 5.74) is 0.580. The molecule has 1 aliphatic heterocycles. The Bertz CT molecular complexity index is 479. The molecule has 2 heterocycles. The van der Waals surface area contributed by atoms with E-state index in [0.29, 0.717) is 37.2 Å². The first kappa shape index (κ1) is 15.6. The predicted molar refractivity (Wildman–Crippen MR) is 80.6 cm³/mol. The van der Waals surface area contributed by atoms with E-state index in [4.69, 9.17) is 9.47 Å². The lowest BCUT2D eigenvalue weighted by Crippen LogP contribution is -2.41. The molecule has 1 atom stereocenters. The van der Waals surface area contributed by atoms with Gasteiger partial charge in [-0.3, -0.25) is 0 Å². The number of pyridine rings is 1. The number of aromatic nitrogens is 1. The van der Waals surface area contributed by atoms with E-state index in [1.54, 1.807) is 23.2 Å². The third-order valence-corrected chi connectivity index (χ3v) is 3.54. The summed E-state index contributed by atoms with van der Waals surface area (Å²) in [6.07, 6.45) is 2.55. The molecule has 0 aromatic carbocycles. The quantitative estimate of drug-likeness (QED) is 0.929. The monoisotopic (exact) mass is 293 g/mol. The van der Waals surface area contributed by atoms with Crippen LogP contribution in [0.25, 0.3) is 0 Å². The number of nitrogens with zero attached hydrogens (tertiary/aromatic N) is 2. The summed E-state index contributed by atoms with van der Waals surface area (Å²) in [7, 11) is 1.53. The van der Waals surface area contributed by atoms with Gasteiger partial charge in [0, 0.05) is 25.9 Å². The smallest absolute Gasteiger partial charge is 0.322 e. The summed E-state index contributed by atoms with van der Waals surface area (Å²) in [5.74, 6) is 0.795. The minimum atomic E-state index is -0.141. The van der Waals surface area contributed by atoms with Gasteiger partial charge in [-0.15, -0.1) is 0 Å². The summed E-state index contributed by atoms with van der Waals surface area (Å²) < 4.78 is 10.9. The van der Waals surface area contributed by atoms with Crippen LogP contribution in [0.3, 0.4) is 0 Å². The zero-order valence-electron chi connectivity index (χ0n) is 12.8. The fraction of sp³-hybridized carbons (Fsp3) is 0.600. The number of hydrogen-bond donors (Lipinski definition) is 1. The number of carbonyl (C=O) groups is 1. The van der Waals surface area contributed by atoms with Crippen molar-refractivity contribution in [2.45, 2.75) is 26.4 Å². The Labute approximate surface area is 125 Å². The van der Waals surface area contributed by atoms with E-state index in [1.807, 2.05) is 0 Å². The minimum Gasteiger partial charge on any atom is -0.480 e. The van der Waals surface area contributed by atoms with Gasteiger partial charge in [0.1, 0.15) is 5.69 Å². The van der Waals surface area contributed by atoms with Gasteiger partial charge in [-0.05, 0) is 24.5 Å². The lowest BCUT2D eigenvalue weighted by Gasteiger charge is -2.26. The molecule has 2 amide bonds. The molecule has 2 rings (SSSR count). The van der Waals surface area contributed by atoms with Gasteiger partial charge in [0.05, 0.1) is 13.2 Å². The van der Waals surface area contributed by atoms with Gasteiger partial charge in [0.15, 0.2) is 0 Å². The van der Waals surface area contributed by atoms with E-state index in [1.165, 1.54) is 7.11 Å². The highest BCUT2D eigenvalue weighted by Gasteiger charge is 2.25.